The van der Waals surface area contributed by atoms with Gasteiger partial charge in [-0.2, -0.15) is 0 Å². The van der Waals surface area contributed by atoms with Gasteiger partial charge in [-0.3, -0.25) is 9.59 Å². The lowest BCUT2D eigenvalue weighted by atomic mass is 10.1. The molecule has 24 heavy (non-hydrogen) atoms. The van der Waals surface area contributed by atoms with Crippen molar-refractivity contribution in [1.29, 1.82) is 0 Å². The van der Waals surface area contributed by atoms with Gasteiger partial charge in [-0.05, 0) is 30.0 Å². The number of aromatic amines is 1. The molecular weight excluding hydrogens is 320 g/mol. The molecule has 0 atom stereocenters. The molecule has 0 unspecified atom stereocenters. The number of amides is 1. The summed E-state index contributed by atoms with van der Waals surface area (Å²) in [6, 6.07) is 15.2. The molecule has 0 aliphatic carbocycles. The molecule has 0 fully saturated rings. The van der Waals surface area contributed by atoms with Gasteiger partial charge < -0.3 is 9.88 Å². The van der Waals surface area contributed by atoms with Crippen LogP contribution in [0.15, 0.2) is 64.4 Å². The molecule has 0 radical (unpaired) electrons. The SMILES string of the molecule is CSc1ccccc1CN(C)C(=O)c1c[nH]c2ccccc2c1=O. The number of aromatic nitrogens is 1. The summed E-state index contributed by atoms with van der Waals surface area (Å²) >= 11 is 1.64. The van der Waals surface area contributed by atoms with Crippen molar-refractivity contribution in [3.05, 3.63) is 76.1 Å². The van der Waals surface area contributed by atoms with Crippen molar-refractivity contribution in [3.8, 4) is 0 Å². The predicted octanol–water partition coefficient (Wildman–Crippen LogP) is 3.52. The molecule has 1 heterocycles. The third-order valence-corrected chi connectivity index (χ3v) is 4.80. The standard InChI is InChI=1S/C19H18N2O2S/c1-21(12-13-7-3-6-10-17(13)24-2)19(23)15-11-20-16-9-5-4-8-14(16)18(15)22/h3-11H,12H2,1-2H3,(H,20,22). The number of carbonyl (C=O) groups is 1. The zero-order chi connectivity index (χ0) is 17.1. The van der Waals surface area contributed by atoms with Crippen LogP contribution in [0.2, 0.25) is 0 Å². The number of nitrogens with zero attached hydrogens (tertiary/aromatic N) is 1. The number of nitrogens with one attached hydrogen (secondary N) is 1. The molecule has 0 spiro atoms. The highest BCUT2D eigenvalue weighted by atomic mass is 32.2. The summed E-state index contributed by atoms with van der Waals surface area (Å²) in [5.41, 5.74) is 1.73. The fourth-order valence-corrected chi connectivity index (χ4v) is 3.30. The first-order valence-corrected chi connectivity index (χ1v) is 8.82. The Morgan fingerprint density at radius 2 is 1.83 bits per heavy atom. The van der Waals surface area contributed by atoms with E-state index in [2.05, 4.69) is 4.98 Å². The van der Waals surface area contributed by atoms with Gasteiger partial charge in [-0.15, -0.1) is 11.8 Å². The number of hydrogen-bond acceptors (Lipinski definition) is 3. The summed E-state index contributed by atoms with van der Waals surface area (Å²) in [6.07, 6.45) is 3.51. The molecule has 122 valence electrons. The number of rotatable bonds is 4. The van der Waals surface area contributed by atoms with E-state index in [0.29, 0.717) is 11.9 Å². The molecule has 4 nitrogen and oxygen atoms in total. The first-order valence-electron chi connectivity index (χ1n) is 7.59. The molecule has 3 aromatic rings. The third-order valence-electron chi connectivity index (χ3n) is 3.97. The Morgan fingerprint density at radius 3 is 2.62 bits per heavy atom. The van der Waals surface area contributed by atoms with E-state index >= 15 is 0 Å². The lowest BCUT2D eigenvalue weighted by molar-refractivity contribution is 0.0782. The highest BCUT2D eigenvalue weighted by molar-refractivity contribution is 7.98. The van der Waals surface area contributed by atoms with E-state index in [0.717, 1.165) is 16.0 Å². The number of para-hydroxylation sites is 1. The number of thioether (sulfide) groups is 1. The predicted molar refractivity (Wildman–Crippen MR) is 98.6 cm³/mol. The zero-order valence-corrected chi connectivity index (χ0v) is 14.4. The number of pyridine rings is 1. The highest BCUT2D eigenvalue weighted by Gasteiger charge is 2.18. The molecule has 5 heteroatoms. The molecule has 0 aliphatic rings. The molecule has 0 saturated carbocycles. The molecule has 1 aromatic heterocycles. The van der Waals surface area contributed by atoms with E-state index in [-0.39, 0.29) is 16.9 Å². The summed E-state index contributed by atoms with van der Waals surface area (Å²) in [5, 5.41) is 0.529. The van der Waals surface area contributed by atoms with Gasteiger partial charge in [0.05, 0.1) is 0 Å². The Kier molecular flexibility index (Phi) is 4.71. The van der Waals surface area contributed by atoms with Crippen molar-refractivity contribution >= 4 is 28.6 Å². The van der Waals surface area contributed by atoms with Crippen molar-refractivity contribution < 1.29 is 4.79 Å². The fraction of sp³-hybridized carbons (Fsp3) is 0.158. The lowest BCUT2D eigenvalue weighted by Gasteiger charge is -2.18. The van der Waals surface area contributed by atoms with Crippen LogP contribution >= 0.6 is 11.8 Å². The molecule has 0 saturated heterocycles. The number of carbonyl (C=O) groups excluding carboxylic acids is 1. The fourth-order valence-electron chi connectivity index (χ4n) is 2.69. The van der Waals surface area contributed by atoms with Crippen LogP contribution < -0.4 is 5.43 Å². The quantitative estimate of drug-likeness (QED) is 0.741. The van der Waals surface area contributed by atoms with Crippen molar-refractivity contribution in [3.63, 3.8) is 0 Å². The Labute approximate surface area is 144 Å². The van der Waals surface area contributed by atoms with Crippen LogP contribution in [0, 0.1) is 0 Å². The molecule has 1 amide bonds. The average Bonchev–Trinajstić information content (AvgIpc) is 2.62. The Balaban J connectivity index is 1.91. The minimum Gasteiger partial charge on any atom is -0.360 e. The Bertz CT molecular complexity index is 949. The second kappa shape index (κ2) is 6.93. The number of fused-ring (bicyclic) bond motifs is 1. The molecule has 1 N–H and O–H groups in total. The van der Waals surface area contributed by atoms with Crippen molar-refractivity contribution in [2.24, 2.45) is 0 Å². The van der Waals surface area contributed by atoms with Gasteiger partial charge in [0, 0.05) is 35.6 Å². The van der Waals surface area contributed by atoms with Crippen LogP contribution in [0.3, 0.4) is 0 Å². The number of H-pyrrole nitrogens is 1. The topological polar surface area (TPSA) is 53.2 Å². The average molecular weight is 338 g/mol. The zero-order valence-electron chi connectivity index (χ0n) is 13.6. The highest BCUT2D eigenvalue weighted by Crippen LogP contribution is 2.21. The third kappa shape index (κ3) is 3.08. The maximum absolute atomic E-state index is 12.7. The van der Waals surface area contributed by atoms with E-state index in [9.17, 15) is 9.59 Å². The molecule has 2 aromatic carbocycles. The maximum Gasteiger partial charge on any atom is 0.259 e. The Hall–Kier alpha value is -2.53. The Morgan fingerprint density at radius 1 is 1.12 bits per heavy atom. The van der Waals surface area contributed by atoms with E-state index in [1.54, 1.807) is 35.8 Å². The van der Waals surface area contributed by atoms with Gasteiger partial charge in [0.25, 0.3) is 5.91 Å². The van der Waals surface area contributed by atoms with Gasteiger partial charge in [0.2, 0.25) is 5.43 Å². The normalized spacial score (nSPS) is 10.8. The second-order valence-corrected chi connectivity index (χ2v) is 6.40. The van der Waals surface area contributed by atoms with Crippen LogP contribution in [-0.4, -0.2) is 29.1 Å². The van der Waals surface area contributed by atoms with Crippen LogP contribution in [0.5, 0.6) is 0 Å². The largest absolute Gasteiger partial charge is 0.360 e. The van der Waals surface area contributed by atoms with Crippen LogP contribution in [-0.2, 0) is 6.54 Å². The smallest absolute Gasteiger partial charge is 0.259 e. The van der Waals surface area contributed by atoms with Crippen molar-refractivity contribution in [1.82, 2.24) is 9.88 Å². The van der Waals surface area contributed by atoms with Crippen LogP contribution in [0.25, 0.3) is 10.9 Å². The van der Waals surface area contributed by atoms with Gasteiger partial charge in [-0.25, -0.2) is 0 Å². The van der Waals surface area contributed by atoms with Gasteiger partial charge >= 0.3 is 0 Å². The van der Waals surface area contributed by atoms with Crippen LogP contribution in [0.1, 0.15) is 15.9 Å². The first kappa shape index (κ1) is 16.3. The summed E-state index contributed by atoms with van der Waals surface area (Å²) in [6.45, 7) is 0.460. The minimum absolute atomic E-state index is 0.165. The van der Waals surface area contributed by atoms with Crippen molar-refractivity contribution in [2.45, 2.75) is 11.4 Å². The summed E-state index contributed by atoms with van der Waals surface area (Å²) in [5.74, 6) is -0.280. The summed E-state index contributed by atoms with van der Waals surface area (Å²) in [4.78, 5) is 31.0. The first-order chi connectivity index (χ1) is 11.6. The monoisotopic (exact) mass is 338 g/mol. The van der Waals surface area contributed by atoms with E-state index in [1.807, 2.05) is 42.7 Å². The molecule has 3 rings (SSSR count). The van der Waals surface area contributed by atoms with Gasteiger partial charge in [0.15, 0.2) is 0 Å². The number of benzene rings is 2. The molecular formula is C19H18N2O2S. The molecule has 0 aliphatic heterocycles. The lowest BCUT2D eigenvalue weighted by Crippen LogP contribution is -2.30. The van der Waals surface area contributed by atoms with E-state index in [4.69, 9.17) is 0 Å². The number of hydrogen-bond donors (Lipinski definition) is 1. The summed E-state index contributed by atoms with van der Waals surface area (Å²) < 4.78 is 0. The maximum atomic E-state index is 12.7. The van der Waals surface area contributed by atoms with Gasteiger partial charge in [0.1, 0.15) is 5.56 Å². The van der Waals surface area contributed by atoms with Gasteiger partial charge in [-0.1, -0.05) is 30.3 Å². The van der Waals surface area contributed by atoms with Crippen molar-refractivity contribution in [2.75, 3.05) is 13.3 Å². The van der Waals surface area contributed by atoms with Crippen LogP contribution in [0.4, 0.5) is 0 Å². The molecule has 0 bridgehead atoms. The minimum atomic E-state index is -0.280. The van der Waals surface area contributed by atoms with E-state index in [1.165, 1.54) is 6.20 Å². The summed E-state index contributed by atoms with van der Waals surface area (Å²) in [7, 11) is 1.72. The van der Waals surface area contributed by atoms with E-state index < -0.39 is 0 Å². The second-order valence-electron chi connectivity index (χ2n) is 5.55.